The number of amides is 1. The lowest BCUT2D eigenvalue weighted by Gasteiger charge is -2.37. The number of carbonyl (C=O) groups excluding carboxylic acids is 1. The van der Waals surface area contributed by atoms with Crippen molar-refractivity contribution in [3.05, 3.63) is 56.5 Å². The minimum absolute atomic E-state index is 0.00886. The number of piperazine rings is 1. The molecule has 2 aromatic rings. The summed E-state index contributed by atoms with van der Waals surface area (Å²) in [5.74, 6) is 0.512. The van der Waals surface area contributed by atoms with Crippen LogP contribution in [0, 0.1) is 10.1 Å². The van der Waals surface area contributed by atoms with Gasteiger partial charge in [0, 0.05) is 30.7 Å². The van der Waals surface area contributed by atoms with Crippen LogP contribution < -0.4 is 19.7 Å². The number of nitrogens with zero attached hydrogens (tertiary/aromatic N) is 3. The van der Waals surface area contributed by atoms with Crippen LogP contribution in [0.15, 0.2) is 40.9 Å². The fraction of sp³-hybridized carbons (Fsp3) is 0.300. The molecule has 1 fully saturated rings. The van der Waals surface area contributed by atoms with Gasteiger partial charge in [-0.15, -0.1) is 0 Å². The molecule has 31 heavy (non-hydrogen) atoms. The largest absolute Gasteiger partial charge is 0.496 e. The van der Waals surface area contributed by atoms with Gasteiger partial charge in [0.2, 0.25) is 0 Å². The van der Waals surface area contributed by atoms with Gasteiger partial charge >= 0.3 is 0 Å². The first-order chi connectivity index (χ1) is 14.8. The van der Waals surface area contributed by atoms with E-state index in [1.54, 1.807) is 30.3 Å². The Morgan fingerprint density at radius 3 is 2.45 bits per heavy atom. The summed E-state index contributed by atoms with van der Waals surface area (Å²) in [6, 6.07) is 9.95. The number of anilines is 1. The van der Waals surface area contributed by atoms with Crippen molar-refractivity contribution in [1.82, 2.24) is 10.2 Å². The van der Waals surface area contributed by atoms with Crippen LogP contribution in [0.4, 0.5) is 11.4 Å². The number of benzene rings is 2. The van der Waals surface area contributed by atoms with Crippen molar-refractivity contribution < 1.29 is 19.2 Å². The number of thiocarbonyl (C=S) groups is 1. The highest BCUT2D eigenvalue weighted by Crippen LogP contribution is 2.32. The summed E-state index contributed by atoms with van der Waals surface area (Å²) in [6.45, 7) is 2.06. The van der Waals surface area contributed by atoms with Crippen molar-refractivity contribution in [2.24, 2.45) is 0 Å². The summed E-state index contributed by atoms with van der Waals surface area (Å²) in [4.78, 5) is 27.5. The summed E-state index contributed by atoms with van der Waals surface area (Å²) in [5.41, 5.74) is 0.886. The highest BCUT2D eigenvalue weighted by molar-refractivity contribution is 9.10. The molecule has 1 saturated heterocycles. The second-order valence-corrected chi connectivity index (χ2v) is 7.99. The molecule has 1 amide bonds. The SMILES string of the molecule is COc1ccc(N2CCN(C(=S)NC(=O)c3cc(Br)ccc3OC)CC2)c([N+](=O)[O-])c1. The van der Waals surface area contributed by atoms with Crippen LogP contribution in [0.3, 0.4) is 0 Å². The van der Waals surface area contributed by atoms with E-state index in [0.29, 0.717) is 54.0 Å². The lowest BCUT2D eigenvalue weighted by atomic mass is 10.2. The van der Waals surface area contributed by atoms with Crippen LogP contribution in [0.25, 0.3) is 0 Å². The van der Waals surface area contributed by atoms with Crippen molar-refractivity contribution in [1.29, 1.82) is 0 Å². The molecule has 1 aliphatic heterocycles. The maximum Gasteiger partial charge on any atom is 0.296 e. The van der Waals surface area contributed by atoms with Gasteiger partial charge in [0.1, 0.15) is 17.2 Å². The standard InChI is InChI=1S/C20H21BrN4O5S/c1-29-14-4-5-16(17(12-14)25(27)28)23-7-9-24(10-8-23)20(31)22-19(26)15-11-13(21)3-6-18(15)30-2/h3-6,11-12H,7-10H2,1-2H3,(H,22,26,31). The maximum absolute atomic E-state index is 12.7. The Balaban J connectivity index is 1.65. The van der Waals surface area contributed by atoms with E-state index < -0.39 is 4.92 Å². The number of rotatable bonds is 5. The number of ether oxygens (including phenoxy) is 2. The number of nitro benzene ring substituents is 1. The van der Waals surface area contributed by atoms with Gasteiger partial charge in [-0.2, -0.15) is 0 Å². The number of methoxy groups -OCH3 is 2. The molecule has 164 valence electrons. The third kappa shape index (κ3) is 5.23. The fourth-order valence-corrected chi connectivity index (χ4v) is 3.93. The quantitative estimate of drug-likeness (QED) is 0.373. The van der Waals surface area contributed by atoms with Gasteiger partial charge in [0.15, 0.2) is 5.11 Å². The summed E-state index contributed by atoms with van der Waals surface area (Å²) in [5, 5.41) is 14.5. The number of nitro groups is 1. The Morgan fingerprint density at radius 1 is 1.13 bits per heavy atom. The Hall–Kier alpha value is -2.92. The van der Waals surface area contributed by atoms with Crippen LogP contribution in [-0.4, -0.2) is 61.2 Å². The van der Waals surface area contributed by atoms with Crippen LogP contribution >= 0.6 is 28.1 Å². The minimum atomic E-state index is -0.416. The van der Waals surface area contributed by atoms with Gasteiger partial charge in [-0.05, 0) is 42.5 Å². The highest BCUT2D eigenvalue weighted by Gasteiger charge is 2.26. The smallest absolute Gasteiger partial charge is 0.296 e. The van der Waals surface area contributed by atoms with Crippen LogP contribution in [0.5, 0.6) is 11.5 Å². The molecule has 0 radical (unpaired) electrons. The molecule has 1 N–H and O–H groups in total. The molecule has 0 aromatic heterocycles. The highest BCUT2D eigenvalue weighted by atomic mass is 79.9. The van der Waals surface area contributed by atoms with Crippen molar-refractivity contribution in [3.63, 3.8) is 0 Å². The van der Waals surface area contributed by atoms with Gasteiger partial charge in [0.25, 0.3) is 11.6 Å². The Morgan fingerprint density at radius 2 is 1.84 bits per heavy atom. The van der Waals surface area contributed by atoms with Gasteiger partial charge in [-0.1, -0.05) is 15.9 Å². The zero-order chi connectivity index (χ0) is 22.5. The van der Waals surface area contributed by atoms with Crippen molar-refractivity contribution in [3.8, 4) is 11.5 Å². The summed E-state index contributed by atoms with van der Waals surface area (Å²) >= 11 is 8.77. The molecule has 2 aromatic carbocycles. The number of halogens is 1. The van der Waals surface area contributed by atoms with Crippen molar-refractivity contribution >= 4 is 50.5 Å². The molecule has 9 nitrogen and oxygen atoms in total. The lowest BCUT2D eigenvalue weighted by Crippen LogP contribution is -2.52. The van der Waals surface area contributed by atoms with E-state index in [1.165, 1.54) is 20.3 Å². The molecule has 3 rings (SSSR count). The number of hydrogen-bond acceptors (Lipinski definition) is 7. The maximum atomic E-state index is 12.7. The summed E-state index contributed by atoms with van der Waals surface area (Å²) in [6.07, 6.45) is 0. The monoisotopic (exact) mass is 508 g/mol. The van der Waals surface area contributed by atoms with E-state index in [9.17, 15) is 14.9 Å². The first-order valence-electron chi connectivity index (χ1n) is 9.35. The minimum Gasteiger partial charge on any atom is -0.496 e. The molecule has 0 saturated carbocycles. The lowest BCUT2D eigenvalue weighted by molar-refractivity contribution is -0.384. The fourth-order valence-electron chi connectivity index (χ4n) is 3.30. The first kappa shape index (κ1) is 22.8. The molecule has 11 heteroatoms. The molecule has 0 bridgehead atoms. The van der Waals surface area contributed by atoms with Crippen molar-refractivity contribution in [2.75, 3.05) is 45.3 Å². The molecule has 1 aliphatic rings. The Bertz CT molecular complexity index is 1010. The molecule has 0 spiro atoms. The predicted octanol–water partition coefficient (Wildman–Crippen LogP) is 3.21. The van der Waals surface area contributed by atoms with E-state index in [-0.39, 0.29) is 11.6 Å². The Labute approximate surface area is 193 Å². The van der Waals surface area contributed by atoms with E-state index in [2.05, 4.69) is 21.2 Å². The zero-order valence-electron chi connectivity index (χ0n) is 17.0. The average molecular weight is 509 g/mol. The van der Waals surface area contributed by atoms with Crippen LogP contribution in [0.1, 0.15) is 10.4 Å². The topological polar surface area (TPSA) is 97.2 Å². The molecule has 0 aliphatic carbocycles. The van der Waals surface area contributed by atoms with Gasteiger partial charge in [0.05, 0.1) is 30.8 Å². The van der Waals surface area contributed by atoms with Gasteiger partial charge < -0.3 is 19.3 Å². The second-order valence-electron chi connectivity index (χ2n) is 6.69. The van der Waals surface area contributed by atoms with Crippen LogP contribution in [0.2, 0.25) is 0 Å². The zero-order valence-corrected chi connectivity index (χ0v) is 19.4. The van der Waals surface area contributed by atoms with E-state index in [1.807, 2.05) is 9.80 Å². The summed E-state index contributed by atoms with van der Waals surface area (Å²) in [7, 11) is 2.96. The van der Waals surface area contributed by atoms with Gasteiger partial charge in [-0.25, -0.2) is 0 Å². The third-order valence-corrected chi connectivity index (χ3v) is 5.77. The number of carbonyl (C=O) groups is 1. The van der Waals surface area contributed by atoms with Crippen molar-refractivity contribution in [2.45, 2.75) is 0 Å². The number of hydrogen-bond donors (Lipinski definition) is 1. The Kier molecular flexibility index (Phi) is 7.29. The first-order valence-corrected chi connectivity index (χ1v) is 10.6. The van der Waals surface area contributed by atoms with Gasteiger partial charge in [-0.3, -0.25) is 20.2 Å². The molecule has 0 atom stereocenters. The van der Waals surface area contributed by atoms with E-state index in [4.69, 9.17) is 21.7 Å². The molecule has 1 heterocycles. The second kappa shape index (κ2) is 9.92. The van der Waals surface area contributed by atoms with Crippen LogP contribution in [-0.2, 0) is 0 Å². The molecular formula is C20H21BrN4O5S. The number of nitrogens with one attached hydrogen (secondary N) is 1. The van der Waals surface area contributed by atoms with E-state index in [0.717, 1.165) is 4.47 Å². The molecular weight excluding hydrogens is 488 g/mol. The summed E-state index contributed by atoms with van der Waals surface area (Å²) < 4.78 is 11.1. The molecule has 0 unspecified atom stereocenters. The third-order valence-electron chi connectivity index (χ3n) is 4.91. The average Bonchev–Trinajstić information content (AvgIpc) is 2.78. The van der Waals surface area contributed by atoms with E-state index >= 15 is 0 Å². The predicted molar refractivity (Wildman–Crippen MR) is 124 cm³/mol. The normalized spacial score (nSPS) is 13.5.